The van der Waals surface area contributed by atoms with Gasteiger partial charge in [0.25, 0.3) is 0 Å². The van der Waals surface area contributed by atoms with Crippen LogP contribution in [0.3, 0.4) is 0 Å². The lowest BCUT2D eigenvalue weighted by Gasteiger charge is -2.08. The predicted molar refractivity (Wildman–Crippen MR) is 66.3 cm³/mol. The number of pyridine rings is 1. The Kier molecular flexibility index (Phi) is 3.36. The van der Waals surface area contributed by atoms with Crippen LogP contribution in [0, 0.1) is 0 Å². The van der Waals surface area contributed by atoms with Crippen molar-refractivity contribution in [2.75, 3.05) is 0 Å². The number of rotatable bonds is 3. The molecule has 2 N–H and O–H groups in total. The Hall–Kier alpha value is -1.20. The molecule has 2 aromatic rings. The first kappa shape index (κ1) is 11.3. The monoisotopic (exact) mass is 280 g/mol. The van der Waals surface area contributed by atoms with Crippen LogP contribution in [0.15, 0.2) is 35.2 Å². The van der Waals surface area contributed by atoms with Gasteiger partial charge in [-0.15, -0.1) is 0 Å². The van der Waals surface area contributed by atoms with Gasteiger partial charge in [0.15, 0.2) is 0 Å². The molecule has 0 aliphatic rings. The maximum Gasteiger partial charge on any atom is 0.0829 e. The van der Waals surface area contributed by atoms with E-state index in [1.807, 2.05) is 25.3 Å². The second-order valence-corrected chi connectivity index (χ2v) is 4.47. The van der Waals surface area contributed by atoms with Crippen molar-refractivity contribution in [1.29, 1.82) is 0 Å². The lowest BCUT2D eigenvalue weighted by Crippen LogP contribution is -2.10. The molecule has 0 aliphatic carbocycles. The average Bonchev–Trinajstić information content (AvgIpc) is 2.75. The van der Waals surface area contributed by atoms with Gasteiger partial charge in [0.2, 0.25) is 0 Å². The lowest BCUT2D eigenvalue weighted by atomic mass is 10.1. The Bertz CT molecular complexity index is 463. The first-order valence-corrected chi connectivity index (χ1v) is 5.92. The fourth-order valence-corrected chi connectivity index (χ4v) is 1.69. The van der Waals surface area contributed by atoms with E-state index < -0.39 is 0 Å². The van der Waals surface area contributed by atoms with Crippen LogP contribution in [0.4, 0.5) is 0 Å². The Labute approximate surface area is 103 Å². The highest BCUT2D eigenvalue weighted by atomic mass is 79.9. The van der Waals surface area contributed by atoms with Crippen molar-refractivity contribution in [3.8, 4) is 5.69 Å². The SMILES string of the molecule is CC[C@H](N)c1ccc(-n2cc(Br)cn2)cn1. The molecule has 2 aromatic heterocycles. The van der Waals surface area contributed by atoms with Crippen LogP contribution in [0.25, 0.3) is 5.69 Å². The molecule has 0 spiro atoms. The first-order chi connectivity index (χ1) is 7.70. The minimum absolute atomic E-state index is 0.0124. The number of hydrogen-bond acceptors (Lipinski definition) is 3. The molecule has 0 aromatic carbocycles. The maximum atomic E-state index is 5.89. The molecule has 2 heterocycles. The quantitative estimate of drug-likeness (QED) is 0.940. The van der Waals surface area contributed by atoms with Crippen LogP contribution in [-0.2, 0) is 0 Å². The van der Waals surface area contributed by atoms with Gasteiger partial charge >= 0.3 is 0 Å². The number of nitrogens with two attached hydrogens (primary N) is 1. The zero-order chi connectivity index (χ0) is 11.5. The minimum Gasteiger partial charge on any atom is -0.323 e. The van der Waals surface area contributed by atoms with Crippen molar-refractivity contribution < 1.29 is 0 Å². The summed E-state index contributed by atoms with van der Waals surface area (Å²) in [5, 5.41) is 4.18. The summed E-state index contributed by atoms with van der Waals surface area (Å²) in [4.78, 5) is 4.33. The number of halogens is 1. The van der Waals surface area contributed by atoms with Crippen molar-refractivity contribution in [2.24, 2.45) is 5.73 Å². The predicted octanol–water partition coefficient (Wildman–Crippen LogP) is 2.44. The van der Waals surface area contributed by atoms with E-state index in [4.69, 9.17) is 5.73 Å². The molecular formula is C11H13BrN4. The van der Waals surface area contributed by atoms with Crippen LogP contribution < -0.4 is 5.73 Å². The van der Waals surface area contributed by atoms with Crippen LogP contribution >= 0.6 is 15.9 Å². The molecule has 0 aliphatic heterocycles. The zero-order valence-electron chi connectivity index (χ0n) is 8.97. The molecule has 0 saturated heterocycles. The van der Waals surface area contributed by atoms with E-state index in [1.165, 1.54) is 0 Å². The molecule has 0 bridgehead atoms. The van der Waals surface area contributed by atoms with E-state index in [0.29, 0.717) is 0 Å². The van der Waals surface area contributed by atoms with Gasteiger partial charge < -0.3 is 5.73 Å². The van der Waals surface area contributed by atoms with Gasteiger partial charge in [0.1, 0.15) is 0 Å². The van der Waals surface area contributed by atoms with Gasteiger partial charge in [-0.05, 0) is 34.5 Å². The summed E-state index contributed by atoms with van der Waals surface area (Å²) in [6.07, 6.45) is 6.30. The summed E-state index contributed by atoms with van der Waals surface area (Å²) in [5.74, 6) is 0. The number of aromatic nitrogens is 3. The van der Waals surface area contributed by atoms with Crippen molar-refractivity contribution in [3.05, 3.63) is 40.9 Å². The van der Waals surface area contributed by atoms with Gasteiger partial charge in [0, 0.05) is 12.2 Å². The fraction of sp³-hybridized carbons (Fsp3) is 0.273. The lowest BCUT2D eigenvalue weighted by molar-refractivity contribution is 0.674. The minimum atomic E-state index is 0.0124. The number of hydrogen-bond donors (Lipinski definition) is 1. The van der Waals surface area contributed by atoms with Crippen LogP contribution in [0.2, 0.25) is 0 Å². The summed E-state index contributed by atoms with van der Waals surface area (Å²) in [6, 6.07) is 3.93. The molecule has 0 fully saturated rings. The molecule has 2 rings (SSSR count). The van der Waals surface area contributed by atoms with Gasteiger partial charge in [-0.25, -0.2) is 4.68 Å². The zero-order valence-corrected chi connectivity index (χ0v) is 10.6. The number of nitrogens with zero attached hydrogens (tertiary/aromatic N) is 3. The Morgan fingerprint density at radius 2 is 2.25 bits per heavy atom. The molecule has 0 radical (unpaired) electrons. The van der Waals surface area contributed by atoms with Crippen LogP contribution in [-0.4, -0.2) is 14.8 Å². The highest BCUT2D eigenvalue weighted by molar-refractivity contribution is 9.10. The Morgan fingerprint density at radius 3 is 2.75 bits per heavy atom. The molecule has 0 saturated carbocycles. The highest BCUT2D eigenvalue weighted by Crippen LogP contribution is 2.15. The molecule has 0 unspecified atom stereocenters. The normalized spacial score (nSPS) is 12.7. The van der Waals surface area contributed by atoms with Crippen LogP contribution in [0.5, 0.6) is 0 Å². The molecule has 0 amide bonds. The standard InChI is InChI=1S/C11H13BrN4/c1-2-10(13)11-4-3-9(6-14-11)16-7-8(12)5-15-16/h3-7,10H,2,13H2,1H3/t10-/m0/s1. The van der Waals surface area contributed by atoms with E-state index in [0.717, 1.165) is 22.3 Å². The summed E-state index contributed by atoms with van der Waals surface area (Å²) in [7, 11) is 0. The first-order valence-electron chi connectivity index (χ1n) is 5.12. The largest absolute Gasteiger partial charge is 0.323 e. The third-order valence-electron chi connectivity index (χ3n) is 2.41. The molecule has 4 nitrogen and oxygen atoms in total. The van der Waals surface area contributed by atoms with Gasteiger partial charge in [-0.2, -0.15) is 5.10 Å². The van der Waals surface area contributed by atoms with Gasteiger partial charge in [-0.1, -0.05) is 6.92 Å². The van der Waals surface area contributed by atoms with Crippen molar-refractivity contribution in [1.82, 2.24) is 14.8 Å². The van der Waals surface area contributed by atoms with Crippen molar-refractivity contribution in [3.63, 3.8) is 0 Å². The topological polar surface area (TPSA) is 56.7 Å². The third-order valence-corrected chi connectivity index (χ3v) is 2.82. The van der Waals surface area contributed by atoms with Gasteiger partial charge in [-0.3, -0.25) is 4.98 Å². The summed E-state index contributed by atoms with van der Waals surface area (Å²) >= 11 is 3.35. The molecule has 1 atom stereocenters. The van der Waals surface area contributed by atoms with E-state index in [2.05, 4.69) is 26.0 Å². The van der Waals surface area contributed by atoms with E-state index in [-0.39, 0.29) is 6.04 Å². The van der Waals surface area contributed by atoms with Gasteiger partial charge in [0.05, 0.1) is 28.2 Å². The van der Waals surface area contributed by atoms with Crippen molar-refractivity contribution >= 4 is 15.9 Å². The Balaban J connectivity index is 2.25. The van der Waals surface area contributed by atoms with E-state index in [9.17, 15) is 0 Å². The second kappa shape index (κ2) is 4.76. The molecule has 16 heavy (non-hydrogen) atoms. The molecule has 84 valence electrons. The smallest absolute Gasteiger partial charge is 0.0829 e. The second-order valence-electron chi connectivity index (χ2n) is 3.56. The van der Waals surface area contributed by atoms with Crippen LogP contribution in [0.1, 0.15) is 25.1 Å². The molecular weight excluding hydrogens is 268 g/mol. The van der Waals surface area contributed by atoms with E-state index >= 15 is 0 Å². The molecule has 5 heteroatoms. The van der Waals surface area contributed by atoms with Crippen molar-refractivity contribution in [2.45, 2.75) is 19.4 Å². The fourth-order valence-electron chi connectivity index (χ4n) is 1.40. The summed E-state index contributed by atoms with van der Waals surface area (Å²) in [5.41, 5.74) is 7.74. The Morgan fingerprint density at radius 1 is 1.44 bits per heavy atom. The maximum absolute atomic E-state index is 5.89. The average molecular weight is 281 g/mol. The highest BCUT2D eigenvalue weighted by Gasteiger charge is 2.05. The third kappa shape index (κ3) is 2.31. The van der Waals surface area contributed by atoms with E-state index in [1.54, 1.807) is 17.1 Å². The summed E-state index contributed by atoms with van der Waals surface area (Å²) in [6.45, 7) is 2.05. The summed E-state index contributed by atoms with van der Waals surface area (Å²) < 4.78 is 2.71.